The van der Waals surface area contributed by atoms with Crippen molar-refractivity contribution in [2.75, 3.05) is 20.7 Å². The number of carboxylic acids is 1. The van der Waals surface area contributed by atoms with Crippen LogP contribution in [0.2, 0.25) is 0 Å². The van der Waals surface area contributed by atoms with Crippen LogP contribution in [-0.2, 0) is 19.1 Å². The number of rotatable bonds is 8. The summed E-state index contributed by atoms with van der Waals surface area (Å²) < 4.78 is 4.74. The van der Waals surface area contributed by atoms with Crippen molar-refractivity contribution in [3.05, 3.63) is 11.8 Å². The van der Waals surface area contributed by atoms with Crippen molar-refractivity contribution in [1.82, 2.24) is 10.2 Å². The number of carbonyl (C=O) groups is 3. The predicted molar refractivity (Wildman–Crippen MR) is 63.6 cm³/mol. The molecule has 18 heavy (non-hydrogen) atoms. The highest BCUT2D eigenvalue weighted by molar-refractivity contribution is 5.92. The van der Waals surface area contributed by atoms with Crippen LogP contribution in [0.4, 0.5) is 0 Å². The zero-order valence-corrected chi connectivity index (χ0v) is 10.7. The second-order valence-corrected chi connectivity index (χ2v) is 3.59. The molecule has 0 rings (SSSR count). The van der Waals surface area contributed by atoms with Gasteiger partial charge in [-0.25, -0.2) is 4.79 Å². The second kappa shape index (κ2) is 8.24. The first-order valence-electron chi connectivity index (χ1n) is 5.33. The molecule has 2 amide bonds. The van der Waals surface area contributed by atoms with Crippen molar-refractivity contribution < 1.29 is 24.2 Å². The lowest BCUT2D eigenvalue weighted by Crippen LogP contribution is -2.29. The summed E-state index contributed by atoms with van der Waals surface area (Å²) in [5.74, 6) is -1.39. The molecule has 0 bridgehead atoms. The van der Waals surface area contributed by atoms with Gasteiger partial charge in [-0.05, 0) is 6.92 Å². The van der Waals surface area contributed by atoms with Crippen LogP contribution in [-0.4, -0.2) is 55.1 Å². The number of carboxylic acid groups (broad SMARTS) is 1. The first-order valence-corrected chi connectivity index (χ1v) is 5.33. The summed E-state index contributed by atoms with van der Waals surface area (Å²) in [6, 6.07) is 0. The summed E-state index contributed by atoms with van der Waals surface area (Å²) in [6.07, 6.45) is 1.06. The molecule has 0 aromatic rings. The van der Waals surface area contributed by atoms with Crippen LogP contribution in [0.25, 0.3) is 0 Å². The number of methoxy groups -OCH3 is 1. The summed E-state index contributed by atoms with van der Waals surface area (Å²) in [5, 5.41) is 11.2. The fraction of sp³-hybridized carbons (Fsp3) is 0.545. The average molecular weight is 258 g/mol. The van der Waals surface area contributed by atoms with Gasteiger partial charge in [0, 0.05) is 38.9 Å². The number of aliphatic carboxylic acids is 1. The van der Waals surface area contributed by atoms with E-state index in [1.54, 1.807) is 6.92 Å². The number of amides is 2. The van der Waals surface area contributed by atoms with Gasteiger partial charge in [-0.3, -0.25) is 9.59 Å². The molecule has 0 aliphatic rings. The van der Waals surface area contributed by atoms with E-state index < -0.39 is 12.1 Å². The molecule has 0 aromatic heterocycles. The maximum Gasteiger partial charge on any atom is 0.332 e. The van der Waals surface area contributed by atoms with E-state index in [9.17, 15) is 14.4 Å². The standard InChI is InChI=1S/C11H18N2O5/c1-8(10(15)12-2)6-13(7-14)5-4-9(18-3)11(16)17/h6-7,9H,4-5H2,1-3H3,(H,12,15)(H,16,17)/b8-6-/t9-/m0/s1. The van der Waals surface area contributed by atoms with Crippen molar-refractivity contribution >= 4 is 18.3 Å². The normalized spacial score (nSPS) is 12.7. The lowest BCUT2D eigenvalue weighted by atomic mass is 10.2. The van der Waals surface area contributed by atoms with Gasteiger partial charge in [0.15, 0.2) is 6.10 Å². The molecule has 2 N–H and O–H groups in total. The maximum atomic E-state index is 11.2. The number of hydrogen-bond acceptors (Lipinski definition) is 4. The monoisotopic (exact) mass is 258 g/mol. The topological polar surface area (TPSA) is 95.9 Å². The zero-order chi connectivity index (χ0) is 14.1. The zero-order valence-electron chi connectivity index (χ0n) is 10.7. The smallest absolute Gasteiger partial charge is 0.332 e. The van der Waals surface area contributed by atoms with Crippen molar-refractivity contribution in [3.8, 4) is 0 Å². The number of nitrogens with zero attached hydrogens (tertiary/aromatic N) is 1. The number of nitrogens with one attached hydrogen (secondary N) is 1. The quantitative estimate of drug-likeness (QED) is 0.455. The third-order valence-corrected chi connectivity index (χ3v) is 2.29. The Morgan fingerprint density at radius 2 is 2.11 bits per heavy atom. The average Bonchev–Trinajstić information content (AvgIpc) is 2.36. The van der Waals surface area contributed by atoms with Crippen molar-refractivity contribution in [3.63, 3.8) is 0 Å². The van der Waals surface area contributed by atoms with E-state index in [2.05, 4.69) is 5.32 Å². The van der Waals surface area contributed by atoms with Crippen LogP contribution in [0.3, 0.4) is 0 Å². The molecule has 0 aliphatic heterocycles. The Balaban J connectivity index is 4.49. The van der Waals surface area contributed by atoms with Gasteiger partial charge in [0.25, 0.3) is 0 Å². The second-order valence-electron chi connectivity index (χ2n) is 3.59. The summed E-state index contributed by atoms with van der Waals surface area (Å²) in [5.41, 5.74) is 0.355. The van der Waals surface area contributed by atoms with Gasteiger partial charge in [-0.1, -0.05) is 0 Å². The third-order valence-electron chi connectivity index (χ3n) is 2.29. The molecule has 0 aromatic carbocycles. The van der Waals surface area contributed by atoms with E-state index in [4.69, 9.17) is 9.84 Å². The number of hydrogen-bond donors (Lipinski definition) is 2. The molecule has 102 valence electrons. The van der Waals surface area contributed by atoms with Gasteiger partial charge in [-0.15, -0.1) is 0 Å². The van der Waals surface area contributed by atoms with Crippen LogP contribution in [0.1, 0.15) is 13.3 Å². The van der Waals surface area contributed by atoms with Gasteiger partial charge in [0.1, 0.15) is 0 Å². The predicted octanol–water partition coefficient (Wildman–Crippen LogP) is -0.416. The molecule has 0 saturated carbocycles. The van der Waals surface area contributed by atoms with E-state index in [0.717, 1.165) is 0 Å². The van der Waals surface area contributed by atoms with Crippen molar-refractivity contribution in [1.29, 1.82) is 0 Å². The molecule has 0 radical (unpaired) electrons. The Kier molecular flexibility index (Phi) is 7.37. The number of ether oxygens (including phenoxy) is 1. The van der Waals surface area contributed by atoms with Crippen LogP contribution in [0.5, 0.6) is 0 Å². The highest BCUT2D eigenvalue weighted by Gasteiger charge is 2.17. The van der Waals surface area contributed by atoms with Crippen molar-refractivity contribution in [2.24, 2.45) is 0 Å². The minimum absolute atomic E-state index is 0.141. The summed E-state index contributed by atoms with van der Waals surface area (Å²) in [4.78, 5) is 33.9. The maximum absolute atomic E-state index is 11.2. The van der Waals surface area contributed by atoms with E-state index in [-0.39, 0.29) is 18.9 Å². The van der Waals surface area contributed by atoms with Gasteiger partial charge < -0.3 is 20.1 Å². The van der Waals surface area contributed by atoms with Gasteiger partial charge in [0.2, 0.25) is 12.3 Å². The van der Waals surface area contributed by atoms with Crippen LogP contribution >= 0.6 is 0 Å². The Hall–Kier alpha value is -1.89. The number of carbonyl (C=O) groups excluding carboxylic acids is 2. The summed E-state index contributed by atoms with van der Waals surface area (Å²) in [7, 11) is 2.77. The summed E-state index contributed by atoms with van der Waals surface area (Å²) in [6.45, 7) is 1.71. The first-order chi connectivity index (χ1) is 8.46. The molecule has 0 saturated heterocycles. The van der Waals surface area contributed by atoms with E-state index in [1.165, 1.54) is 25.3 Å². The van der Waals surface area contributed by atoms with E-state index >= 15 is 0 Å². The Bertz CT molecular complexity index is 340. The Labute approximate surface area is 105 Å². The summed E-state index contributed by atoms with van der Waals surface area (Å²) >= 11 is 0. The SMILES string of the molecule is CNC(=O)/C(C)=C\N(C=O)CC[C@H](OC)C(=O)O. The minimum Gasteiger partial charge on any atom is -0.479 e. The highest BCUT2D eigenvalue weighted by atomic mass is 16.5. The fourth-order valence-electron chi connectivity index (χ4n) is 1.26. The molecule has 7 heteroatoms. The van der Waals surface area contributed by atoms with E-state index in [0.29, 0.717) is 12.0 Å². The molecule has 1 atom stereocenters. The van der Waals surface area contributed by atoms with Crippen molar-refractivity contribution in [2.45, 2.75) is 19.4 Å². The molecule has 0 spiro atoms. The molecular formula is C11H18N2O5. The van der Waals surface area contributed by atoms with Crippen LogP contribution in [0, 0.1) is 0 Å². The third kappa shape index (κ3) is 5.44. The highest BCUT2D eigenvalue weighted by Crippen LogP contribution is 2.02. The van der Waals surface area contributed by atoms with Crippen LogP contribution in [0.15, 0.2) is 11.8 Å². The lowest BCUT2D eigenvalue weighted by molar-refractivity contribution is -0.149. The molecule has 0 unspecified atom stereocenters. The van der Waals surface area contributed by atoms with Crippen LogP contribution < -0.4 is 5.32 Å². The fourth-order valence-corrected chi connectivity index (χ4v) is 1.26. The van der Waals surface area contributed by atoms with E-state index in [1.807, 2.05) is 0 Å². The Morgan fingerprint density at radius 3 is 2.50 bits per heavy atom. The largest absolute Gasteiger partial charge is 0.479 e. The molecule has 0 aliphatic carbocycles. The Morgan fingerprint density at radius 1 is 1.50 bits per heavy atom. The molecular weight excluding hydrogens is 240 g/mol. The van der Waals surface area contributed by atoms with Gasteiger partial charge in [0.05, 0.1) is 0 Å². The molecule has 0 heterocycles. The lowest BCUT2D eigenvalue weighted by Gasteiger charge is -2.16. The van der Waals surface area contributed by atoms with Gasteiger partial charge in [-0.2, -0.15) is 0 Å². The van der Waals surface area contributed by atoms with Gasteiger partial charge >= 0.3 is 5.97 Å². The number of likely N-dealkylation sites (N-methyl/N-ethyl adjacent to an activating group) is 1. The molecule has 7 nitrogen and oxygen atoms in total. The minimum atomic E-state index is -1.09. The first kappa shape index (κ1) is 16.1. The molecule has 0 fully saturated rings.